The molecule has 1 heterocycles. The van der Waals surface area contributed by atoms with E-state index < -0.39 is 68.2 Å². The van der Waals surface area contributed by atoms with E-state index in [0.717, 1.165) is 0 Å². The molecule has 1 aliphatic rings. The maximum atomic E-state index is 9.23. The molecular formula is C10H14BNO2. The topological polar surface area (TPSA) is 43.7 Å². The van der Waals surface area contributed by atoms with Crippen molar-refractivity contribution in [2.75, 3.05) is 17.9 Å². The summed E-state index contributed by atoms with van der Waals surface area (Å²) in [6.45, 7) is -6.77. The summed E-state index contributed by atoms with van der Waals surface area (Å²) in [6, 6.07) is -4.10. The first-order valence-corrected chi connectivity index (χ1v) is 3.73. The molecule has 4 heteroatoms. The summed E-state index contributed by atoms with van der Waals surface area (Å²) < 4.78 is 93.9. The summed E-state index contributed by atoms with van der Waals surface area (Å²) in [5.41, 5.74) is -1.85. The van der Waals surface area contributed by atoms with Crippen molar-refractivity contribution in [2.24, 2.45) is 0 Å². The average Bonchev–Trinajstić information content (AvgIpc) is 2.54. The van der Waals surface area contributed by atoms with Crippen molar-refractivity contribution >= 4 is 18.3 Å². The Labute approximate surface area is 101 Å². The molecule has 2 rings (SSSR count). The third kappa shape index (κ3) is 1.91. The molecule has 1 aromatic rings. The summed E-state index contributed by atoms with van der Waals surface area (Å²) in [5, 5.41) is 18.5. The molecule has 0 bridgehead atoms. The monoisotopic (exact) mass is 203 g/mol. The summed E-state index contributed by atoms with van der Waals surface area (Å²) in [6.07, 6.45) is -6.83. The SMILES string of the molecule is [2H]c1c([2H])c(N2C([2H])([2H])C([2H])([2H])C([2H])([2H])C2([2H])[2H])c([2H])c([2H])c1B(O)O. The van der Waals surface area contributed by atoms with Crippen LogP contribution in [0.2, 0.25) is 0 Å². The fourth-order valence-electron chi connectivity index (χ4n) is 0.864. The van der Waals surface area contributed by atoms with Gasteiger partial charge < -0.3 is 14.9 Å². The number of hydrogen-bond donors (Lipinski definition) is 2. The van der Waals surface area contributed by atoms with Crippen LogP contribution in [-0.4, -0.2) is 30.2 Å². The van der Waals surface area contributed by atoms with Gasteiger partial charge in [-0.05, 0) is 30.3 Å². The van der Waals surface area contributed by atoms with E-state index in [9.17, 15) is 10.0 Å². The minimum Gasteiger partial charge on any atom is -0.423 e. The van der Waals surface area contributed by atoms with Crippen LogP contribution in [0.4, 0.5) is 5.69 Å². The van der Waals surface area contributed by atoms with E-state index in [2.05, 4.69) is 0 Å². The second-order valence-corrected chi connectivity index (χ2v) is 2.44. The molecule has 0 aliphatic carbocycles. The largest absolute Gasteiger partial charge is 0.488 e. The van der Waals surface area contributed by atoms with E-state index in [1.807, 2.05) is 0 Å². The van der Waals surface area contributed by atoms with Gasteiger partial charge >= 0.3 is 7.12 Å². The molecule has 0 atom stereocenters. The number of anilines is 1. The van der Waals surface area contributed by atoms with Crippen molar-refractivity contribution in [3.05, 3.63) is 24.2 Å². The Bertz CT molecular complexity index is 712. The van der Waals surface area contributed by atoms with Gasteiger partial charge in [0.1, 0.15) is 0 Å². The van der Waals surface area contributed by atoms with Crippen molar-refractivity contribution < 1.29 is 26.5 Å². The minimum absolute atomic E-state index is 0.0890. The lowest BCUT2D eigenvalue weighted by Gasteiger charge is -2.17. The van der Waals surface area contributed by atoms with E-state index in [0.29, 0.717) is 0 Å². The van der Waals surface area contributed by atoms with Crippen LogP contribution < -0.4 is 10.4 Å². The van der Waals surface area contributed by atoms with E-state index in [-0.39, 0.29) is 4.90 Å². The lowest BCUT2D eigenvalue weighted by atomic mass is 9.80. The number of rotatable bonds is 2. The molecule has 0 amide bonds. The molecule has 1 aliphatic heterocycles. The lowest BCUT2D eigenvalue weighted by Crippen LogP contribution is -2.29. The Morgan fingerprint density at radius 3 is 2.29 bits per heavy atom. The molecule has 2 N–H and O–H groups in total. The fourth-order valence-corrected chi connectivity index (χ4v) is 0.864. The van der Waals surface area contributed by atoms with Crippen LogP contribution in [0.5, 0.6) is 0 Å². The molecule has 0 aromatic heterocycles. The fraction of sp³-hybridized carbons (Fsp3) is 0.400. The first-order chi connectivity index (χ1) is 11.5. The number of hydrogen-bond acceptors (Lipinski definition) is 3. The number of benzene rings is 1. The van der Waals surface area contributed by atoms with Crippen molar-refractivity contribution in [2.45, 2.75) is 12.7 Å². The predicted molar refractivity (Wildman–Crippen MR) is 57.7 cm³/mol. The lowest BCUT2D eigenvalue weighted by molar-refractivity contribution is 0.426. The van der Waals surface area contributed by atoms with Crippen molar-refractivity contribution in [1.82, 2.24) is 0 Å². The van der Waals surface area contributed by atoms with E-state index in [1.54, 1.807) is 0 Å². The predicted octanol–water partition coefficient (Wildman–Crippen LogP) is -0.0334. The van der Waals surface area contributed by atoms with Crippen molar-refractivity contribution in [3.63, 3.8) is 0 Å². The highest BCUT2D eigenvalue weighted by Crippen LogP contribution is 2.18. The third-order valence-electron chi connectivity index (χ3n) is 1.51. The molecule has 1 saturated heterocycles. The van der Waals surface area contributed by atoms with Crippen LogP contribution in [0, 0.1) is 0 Å². The minimum atomic E-state index is -3.41. The number of nitrogens with zero attached hydrogens (tertiary/aromatic N) is 1. The van der Waals surface area contributed by atoms with Gasteiger partial charge in [-0.25, -0.2) is 0 Å². The second-order valence-electron chi connectivity index (χ2n) is 2.44. The molecule has 74 valence electrons. The van der Waals surface area contributed by atoms with Gasteiger partial charge in [0, 0.05) is 29.6 Å². The Kier molecular flexibility index (Phi) is 0.797. The molecule has 0 unspecified atom stereocenters. The summed E-state index contributed by atoms with van der Waals surface area (Å²) in [5.74, 6) is 0. The zero-order valence-corrected chi connectivity index (χ0v) is 6.92. The molecule has 3 nitrogen and oxygen atoms in total. The third-order valence-corrected chi connectivity index (χ3v) is 1.51. The van der Waals surface area contributed by atoms with E-state index in [1.165, 1.54) is 0 Å². The molecule has 0 spiro atoms. The van der Waals surface area contributed by atoms with Crippen LogP contribution >= 0.6 is 0 Å². The average molecular weight is 203 g/mol. The van der Waals surface area contributed by atoms with Gasteiger partial charge in [-0.1, -0.05) is 12.1 Å². The molecule has 14 heavy (non-hydrogen) atoms. The highest BCUT2D eigenvalue weighted by molar-refractivity contribution is 6.58. The van der Waals surface area contributed by atoms with E-state index in [4.69, 9.17) is 16.4 Å². The standard InChI is InChI=1S/C10H14BNO2/c13-11(14)9-3-5-10(6-4-9)12-7-1-2-8-12/h3-6,13-14H,1-2,7-8H2/i1D2,2D2,3D,4D,5D,6D,7D2,8D2. The molecule has 1 aromatic carbocycles. The summed E-state index contributed by atoms with van der Waals surface area (Å²) in [4.78, 5) is -0.0890. The highest BCUT2D eigenvalue weighted by Gasteiger charge is 2.14. The Hall–Kier alpha value is -0.995. The Morgan fingerprint density at radius 1 is 1.21 bits per heavy atom. The van der Waals surface area contributed by atoms with Gasteiger partial charge in [0.05, 0.1) is 5.48 Å². The summed E-state index contributed by atoms with van der Waals surface area (Å²) in [7, 11) is -2.39. The molecule has 0 radical (unpaired) electrons. The maximum absolute atomic E-state index is 9.23. The van der Waals surface area contributed by atoms with E-state index >= 15 is 0 Å². The van der Waals surface area contributed by atoms with Crippen molar-refractivity contribution in [3.8, 4) is 0 Å². The van der Waals surface area contributed by atoms with Crippen molar-refractivity contribution in [1.29, 1.82) is 0 Å². The van der Waals surface area contributed by atoms with Gasteiger partial charge in [0.25, 0.3) is 0 Å². The Balaban J connectivity index is 2.93. The van der Waals surface area contributed by atoms with Crippen LogP contribution in [-0.2, 0) is 0 Å². The van der Waals surface area contributed by atoms with Gasteiger partial charge in [0.15, 0.2) is 0 Å². The van der Waals surface area contributed by atoms with Gasteiger partial charge in [-0.3, -0.25) is 0 Å². The van der Waals surface area contributed by atoms with Gasteiger partial charge in [-0.15, -0.1) is 0 Å². The van der Waals surface area contributed by atoms with Gasteiger partial charge in [-0.2, -0.15) is 0 Å². The molecule has 0 saturated carbocycles. The second kappa shape index (κ2) is 4.03. The Morgan fingerprint density at radius 2 is 1.79 bits per heavy atom. The zero-order chi connectivity index (χ0) is 20.6. The molecular weight excluding hydrogens is 177 g/mol. The van der Waals surface area contributed by atoms with Crippen LogP contribution in [0.1, 0.15) is 29.2 Å². The van der Waals surface area contributed by atoms with Crippen LogP contribution in [0.15, 0.2) is 24.2 Å². The normalized spacial score (nSPS) is 42.9. The highest BCUT2D eigenvalue weighted by atomic mass is 16.4. The maximum Gasteiger partial charge on any atom is 0.488 e. The van der Waals surface area contributed by atoms with Crippen LogP contribution in [0.25, 0.3) is 0 Å². The summed E-state index contributed by atoms with van der Waals surface area (Å²) >= 11 is 0. The first-order valence-electron chi connectivity index (χ1n) is 9.73. The van der Waals surface area contributed by atoms with Gasteiger partial charge in [0.2, 0.25) is 0 Å². The molecule has 1 fully saturated rings. The first kappa shape index (κ1) is 2.77. The zero-order valence-electron chi connectivity index (χ0n) is 18.9. The smallest absolute Gasteiger partial charge is 0.423 e. The van der Waals surface area contributed by atoms with Crippen LogP contribution in [0.3, 0.4) is 0 Å². The quantitative estimate of drug-likeness (QED) is 0.663.